The summed E-state index contributed by atoms with van der Waals surface area (Å²) in [5.74, 6) is -0.422. The molecule has 0 radical (unpaired) electrons. The number of hydrogen-bond acceptors (Lipinski definition) is 2. The summed E-state index contributed by atoms with van der Waals surface area (Å²) >= 11 is 0. The van der Waals surface area contributed by atoms with Gasteiger partial charge >= 0.3 is 6.18 Å². The van der Waals surface area contributed by atoms with Crippen molar-refractivity contribution < 1.29 is 18.0 Å². The van der Waals surface area contributed by atoms with Gasteiger partial charge in [0.25, 0.3) is 0 Å². The minimum Gasteiger partial charge on any atom is -0.324 e. The summed E-state index contributed by atoms with van der Waals surface area (Å²) in [7, 11) is 0. The summed E-state index contributed by atoms with van der Waals surface area (Å²) in [6.45, 7) is 5.02. The number of halogens is 3. The first-order valence-corrected chi connectivity index (χ1v) is 7.25. The van der Waals surface area contributed by atoms with Gasteiger partial charge in [0.05, 0.1) is 0 Å². The molecule has 0 bridgehead atoms. The molecule has 0 aliphatic rings. The fraction of sp³-hybridized carbons (Fsp3) is 0.375. The normalized spacial score (nSPS) is 13.0. The molecule has 1 heterocycles. The number of benzene rings is 1. The van der Waals surface area contributed by atoms with Crippen LogP contribution in [0, 0.1) is 6.92 Å². The van der Waals surface area contributed by atoms with E-state index in [0.29, 0.717) is 5.69 Å². The van der Waals surface area contributed by atoms with Gasteiger partial charge in [0.15, 0.2) is 5.69 Å². The number of aryl methyl sites for hydroxylation is 2. The number of amides is 1. The summed E-state index contributed by atoms with van der Waals surface area (Å²) in [6.07, 6.45) is -3.64. The lowest BCUT2D eigenvalue weighted by Gasteiger charge is -2.14. The van der Waals surface area contributed by atoms with Crippen molar-refractivity contribution >= 4 is 11.6 Å². The molecular formula is C16H18F3N3O. The quantitative estimate of drug-likeness (QED) is 0.924. The number of rotatable bonds is 4. The molecule has 1 aromatic heterocycles. The number of nitrogens with zero attached hydrogens (tertiary/aromatic N) is 2. The molecule has 7 heteroatoms. The molecule has 1 N–H and O–H groups in total. The van der Waals surface area contributed by atoms with Crippen molar-refractivity contribution in [1.82, 2.24) is 9.78 Å². The van der Waals surface area contributed by atoms with Gasteiger partial charge in [-0.3, -0.25) is 9.48 Å². The van der Waals surface area contributed by atoms with Gasteiger partial charge in [-0.15, -0.1) is 0 Å². The SMILES string of the molecule is CCc1ccc(NC(=O)C(C)n2nc(C(F)(F)F)cc2C)cc1. The second-order valence-corrected chi connectivity index (χ2v) is 5.33. The Morgan fingerprint density at radius 3 is 2.39 bits per heavy atom. The molecule has 0 saturated heterocycles. The molecule has 1 amide bonds. The van der Waals surface area contributed by atoms with Crippen molar-refractivity contribution in [2.45, 2.75) is 39.4 Å². The van der Waals surface area contributed by atoms with Crippen LogP contribution in [-0.4, -0.2) is 15.7 Å². The van der Waals surface area contributed by atoms with E-state index in [4.69, 9.17) is 0 Å². The number of anilines is 1. The summed E-state index contributed by atoms with van der Waals surface area (Å²) in [6, 6.07) is 7.39. The fourth-order valence-corrected chi connectivity index (χ4v) is 2.20. The Kier molecular flexibility index (Phi) is 4.77. The molecule has 1 aromatic carbocycles. The van der Waals surface area contributed by atoms with E-state index in [1.807, 2.05) is 19.1 Å². The third-order valence-electron chi connectivity index (χ3n) is 3.59. The van der Waals surface area contributed by atoms with E-state index in [0.717, 1.165) is 22.7 Å². The molecule has 2 aromatic rings. The Balaban J connectivity index is 2.14. The van der Waals surface area contributed by atoms with Gasteiger partial charge in [-0.25, -0.2) is 0 Å². The Bertz CT molecular complexity index is 690. The van der Waals surface area contributed by atoms with E-state index < -0.39 is 23.8 Å². The van der Waals surface area contributed by atoms with Crippen LogP contribution >= 0.6 is 0 Å². The zero-order valence-electron chi connectivity index (χ0n) is 13.1. The monoisotopic (exact) mass is 325 g/mol. The van der Waals surface area contributed by atoms with Crippen molar-refractivity contribution in [1.29, 1.82) is 0 Å². The van der Waals surface area contributed by atoms with E-state index in [1.165, 1.54) is 13.8 Å². The van der Waals surface area contributed by atoms with Crippen molar-refractivity contribution in [3.8, 4) is 0 Å². The van der Waals surface area contributed by atoms with Gasteiger partial charge in [-0.1, -0.05) is 19.1 Å². The number of carbonyl (C=O) groups is 1. The number of alkyl halides is 3. The molecule has 0 saturated carbocycles. The Hall–Kier alpha value is -2.31. The molecule has 0 aliphatic carbocycles. The zero-order valence-corrected chi connectivity index (χ0v) is 13.1. The van der Waals surface area contributed by atoms with Crippen LogP contribution in [-0.2, 0) is 17.4 Å². The molecule has 124 valence electrons. The van der Waals surface area contributed by atoms with Gasteiger partial charge in [0, 0.05) is 11.4 Å². The summed E-state index contributed by atoms with van der Waals surface area (Å²) in [5.41, 5.74) is 1.01. The predicted octanol–water partition coefficient (Wildman–Crippen LogP) is 3.97. The smallest absolute Gasteiger partial charge is 0.324 e. The van der Waals surface area contributed by atoms with Crippen LogP contribution in [0.4, 0.5) is 18.9 Å². The van der Waals surface area contributed by atoms with Gasteiger partial charge in [-0.05, 0) is 44.0 Å². The van der Waals surface area contributed by atoms with Crippen molar-refractivity contribution in [2.24, 2.45) is 0 Å². The highest BCUT2D eigenvalue weighted by molar-refractivity contribution is 5.93. The minimum atomic E-state index is -4.53. The lowest BCUT2D eigenvalue weighted by atomic mass is 10.1. The van der Waals surface area contributed by atoms with E-state index in [2.05, 4.69) is 10.4 Å². The first-order valence-electron chi connectivity index (χ1n) is 7.25. The highest BCUT2D eigenvalue weighted by Crippen LogP contribution is 2.29. The fourth-order valence-electron chi connectivity index (χ4n) is 2.20. The largest absolute Gasteiger partial charge is 0.435 e. The maximum Gasteiger partial charge on any atom is 0.435 e. The topological polar surface area (TPSA) is 46.9 Å². The average Bonchev–Trinajstić information content (AvgIpc) is 2.89. The first-order chi connectivity index (χ1) is 10.7. The van der Waals surface area contributed by atoms with Crippen molar-refractivity contribution in [2.75, 3.05) is 5.32 Å². The zero-order chi connectivity index (χ0) is 17.2. The molecule has 2 rings (SSSR count). The average molecular weight is 325 g/mol. The first kappa shape index (κ1) is 17.1. The van der Waals surface area contributed by atoms with Crippen LogP contribution in [0.25, 0.3) is 0 Å². The molecular weight excluding hydrogens is 307 g/mol. The summed E-state index contributed by atoms with van der Waals surface area (Å²) in [4.78, 5) is 12.2. The highest BCUT2D eigenvalue weighted by Gasteiger charge is 2.35. The van der Waals surface area contributed by atoms with Crippen LogP contribution in [0.15, 0.2) is 30.3 Å². The predicted molar refractivity (Wildman–Crippen MR) is 81.1 cm³/mol. The second-order valence-electron chi connectivity index (χ2n) is 5.33. The van der Waals surface area contributed by atoms with Crippen LogP contribution in [0.1, 0.15) is 36.8 Å². The lowest BCUT2D eigenvalue weighted by molar-refractivity contribution is -0.141. The van der Waals surface area contributed by atoms with Gasteiger partial charge in [-0.2, -0.15) is 18.3 Å². The molecule has 4 nitrogen and oxygen atoms in total. The van der Waals surface area contributed by atoms with Crippen LogP contribution in [0.2, 0.25) is 0 Å². The van der Waals surface area contributed by atoms with Crippen molar-refractivity contribution in [3.63, 3.8) is 0 Å². The van der Waals surface area contributed by atoms with Crippen LogP contribution in [0.5, 0.6) is 0 Å². The molecule has 1 unspecified atom stereocenters. The number of carbonyl (C=O) groups excluding carboxylic acids is 1. The second kappa shape index (κ2) is 6.44. The number of hydrogen-bond donors (Lipinski definition) is 1. The molecule has 0 aliphatic heterocycles. The third-order valence-corrected chi connectivity index (χ3v) is 3.59. The van der Waals surface area contributed by atoms with Crippen LogP contribution in [0.3, 0.4) is 0 Å². The maximum absolute atomic E-state index is 12.7. The maximum atomic E-state index is 12.7. The number of aromatic nitrogens is 2. The van der Waals surface area contributed by atoms with E-state index in [9.17, 15) is 18.0 Å². The minimum absolute atomic E-state index is 0.279. The standard InChI is InChI=1S/C16H18F3N3O/c1-4-12-5-7-13(8-6-12)20-15(23)11(3)22-10(2)9-14(21-22)16(17,18)19/h5-9,11H,4H2,1-3H3,(H,20,23). The van der Waals surface area contributed by atoms with E-state index in [1.54, 1.807) is 12.1 Å². The third kappa shape index (κ3) is 3.91. The van der Waals surface area contributed by atoms with Crippen LogP contribution < -0.4 is 5.32 Å². The highest BCUT2D eigenvalue weighted by atomic mass is 19.4. The summed E-state index contributed by atoms with van der Waals surface area (Å²) < 4.78 is 39.1. The molecule has 0 fully saturated rings. The Morgan fingerprint density at radius 2 is 1.91 bits per heavy atom. The van der Waals surface area contributed by atoms with Gasteiger partial charge in [0.2, 0.25) is 5.91 Å². The van der Waals surface area contributed by atoms with E-state index >= 15 is 0 Å². The number of nitrogens with one attached hydrogen (secondary N) is 1. The molecule has 0 spiro atoms. The molecule has 1 atom stereocenters. The van der Waals surface area contributed by atoms with Crippen molar-refractivity contribution in [3.05, 3.63) is 47.3 Å². The lowest BCUT2D eigenvalue weighted by Crippen LogP contribution is -2.25. The van der Waals surface area contributed by atoms with Gasteiger partial charge in [0.1, 0.15) is 6.04 Å². The molecule has 23 heavy (non-hydrogen) atoms. The summed E-state index contributed by atoms with van der Waals surface area (Å²) in [5, 5.41) is 6.19. The Labute approximate surface area is 132 Å². The van der Waals surface area contributed by atoms with Gasteiger partial charge < -0.3 is 5.32 Å². The van der Waals surface area contributed by atoms with E-state index in [-0.39, 0.29) is 5.69 Å². The Morgan fingerprint density at radius 1 is 1.30 bits per heavy atom.